The van der Waals surface area contributed by atoms with Crippen LogP contribution in [0.5, 0.6) is 17.2 Å². The number of amides is 1. The number of halogens is 1. The molecule has 1 unspecified atom stereocenters. The van der Waals surface area contributed by atoms with Crippen LogP contribution < -0.4 is 19.1 Å². The molecule has 4 rings (SSSR count). The van der Waals surface area contributed by atoms with E-state index in [1.54, 1.807) is 36.4 Å². The molecule has 0 aliphatic carbocycles. The van der Waals surface area contributed by atoms with Gasteiger partial charge < -0.3 is 14.8 Å². The predicted molar refractivity (Wildman–Crippen MR) is 124 cm³/mol. The molecule has 1 N–H and O–H groups in total. The molecule has 3 aromatic carbocycles. The van der Waals surface area contributed by atoms with Gasteiger partial charge in [0, 0.05) is 23.7 Å². The highest BCUT2D eigenvalue weighted by atomic mass is 35.5. The van der Waals surface area contributed by atoms with Crippen LogP contribution in [0.3, 0.4) is 0 Å². The van der Waals surface area contributed by atoms with Crippen molar-refractivity contribution in [1.82, 2.24) is 0 Å². The molecule has 32 heavy (non-hydrogen) atoms. The molecule has 0 radical (unpaired) electrons. The zero-order valence-corrected chi connectivity index (χ0v) is 18.8. The lowest BCUT2D eigenvalue weighted by Crippen LogP contribution is -2.35. The van der Waals surface area contributed by atoms with Crippen molar-refractivity contribution in [3.63, 3.8) is 0 Å². The van der Waals surface area contributed by atoms with Crippen LogP contribution in [0.2, 0.25) is 5.02 Å². The molecule has 1 aliphatic rings. The topological polar surface area (TPSA) is 84.9 Å². The summed E-state index contributed by atoms with van der Waals surface area (Å²) in [7, 11) is -3.57. The Bertz CT molecular complexity index is 1220. The molecule has 166 valence electrons. The normalized spacial score (nSPS) is 15.8. The minimum atomic E-state index is -3.57. The van der Waals surface area contributed by atoms with Crippen LogP contribution in [0.25, 0.3) is 0 Å². The Morgan fingerprint density at radius 2 is 1.75 bits per heavy atom. The van der Waals surface area contributed by atoms with Crippen molar-refractivity contribution in [3.05, 3.63) is 77.8 Å². The quantitative estimate of drug-likeness (QED) is 0.582. The van der Waals surface area contributed by atoms with E-state index < -0.39 is 16.1 Å². The summed E-state index contributed by atoms with van der Waals surface area (Å²) in [6.07, 6.45) is 0.416. The largest absolute Gasteiger partial charge is 0.478 e. The summed E-state index contributed by atoms with van der Waals surface area (Å²) in [5.41, 5.74) is 0.886. The van der Waals surface area contributed by atoms with E-state index in [1.807, 2.05) is 30.3 Å². The summed E-state index contributed by atoms with van der Waals surface area (Å²) in [5, 5.41) is 3.19. The van der Waals surface area contributed by atoms with E-state index in [9.17, 15) is 13.2 Å². The predicted octanol–water partition coefficient (Wildman–Crippen LogP) is 4.69. The monoisotopic (exact) mass is 472 g/mol. The molecule has 0 saturated carbocycles. The van der Waals surface area contributed by atoms with Gasteiger partial charge in [0.15, 0.2) is 6.10 Å². The maximum atomic E-state index is 12.9. The summed E-state index contributed by atoms with van der Waals surface area (Å²) in [5.74, 6) is 1.25. The Balaban J connectivity index is 1.47. The van der Waals surface area contributed by atoms with Crippen LogP contribution >= 0.6 is 11.6 Å². The fraction of sp³-hybridized carbons (Fsp3) is 0.174. The first-order valence-corrected chi connectivity index (χ1v) is 12.1. The van der Waals surface area contributed by atoms with E-state index in [2.05, 4.69) is 5.32 Å². The van der Waals surface area contributed by atoms with Crippen LogP contribution in [-0.4, -0.2) is 33.2 Å². The van der Waals surface area contributed by atoms with Gasteiger partial charge in [-0.3, -0.25) is 9.10 Å². The van der Waals surface area contributed by atoms with Crippen molar-refractivity contribution < 1.29 is 22.7 Å². The van der Waals surface area contributed by atoms with Gasteiger partial charge in [-0.1, -0.05) is 29.8 Å². The molecule has 0 saturated heterocycles. The molecule has 7 nitrogen and oxygen atoms in total. The standard InChI is InChI=1S/C23H21ClN2O5S/c1-32(28,29)26-14-13-22(31-21-12-7-16(24)15-20(21)26)23(27)25-17-8-10-19(11-9-17)30-18-5-3-2-4-6-18/h2-12,15,22H,13-14H2,1H3,(H,25,27). The van der Waals surface area contributed by atoms with E-state index in [0.29, 0.717) is 27.9 Å². The van der Waals surface area contributed by atoms with Crippen molar-refractivity contribution in [2.75, 3.05) is 22.4 Å². The zero-order chi connectivity index (χ0) is 22.7. The van der Waals surface area contributed by atoms with Gasteiger partial charge in [0.2, 0.25) is 10.0 Å². The number of nitrogens with one attached hydrogen (secondary N) is 1. The number of carbonyl (C=O) groups excluding carboxylic acids is 1. The number of para-hydroxylation sites is 1. The Labute approximate surface area is 191 Å². The third-order valence-corrected chi connectivity index (χ3v) is 6.26. The molecule has 0 fully saturated rings. The molecule has 0 aromatic heterocycles. The van der Waals surface area contributed by atoms with Crippen LogP contribution in [0.15, 0.2) is 72.8 Å². The second kappa shape index (κ2) is 9.10. The third-order valence-electron chi connectivity index (χ3n) is 4.85. The van der Waals surface area contributed by atoms with Crippen molar-refractivity contribution in [3.8, 4) is 17.2 Å². The van der Waals surface area contributed by atoms with Gasteiger partial charge in [-0.05, 0) is 54.6 Å². The molecule has 0 spiro atoms. The van der Waals surface area contributed by atoms with Crippen LogP contribution in [0.1, 0.15) is 6.42 Å². The Morgan fingerprint density at radius 1 is 1.06 bits per heavy atom. The fourth-order valence-electron chi connectivity index (χ4n) is 3.34. The molecule has 1 heterocycles. The van der Waals surface area contributed by atoms with Crippen LogP contribution in [-0.2, 0) is 14.8 Å². The number of anilines is 2. The lowest BCUT2D eigenvalue weighted by molar-refractivity contribution is -0.122. The van der Waals surface area contributed by atoms with Gasteiger partial charge in [0.1, 0.15) is 17.2 Å². The number of hydrogen-bond acceptors (Lipinski definition) is 5. The average Bonchev–Trinajstić information content (AvgIpc) is 2.95. The fourth-order valence-corrected chi connectivity index (χ4v) is 4.44. The lowest BCUT2D eigenvalue weighted by atomic mass is 10.2. The van der Waals surface area contributed by atoms with Crippen LogP contribution in [0.4, 0.5) is 11.4 Å². The SMILES string of the molecule is CS(=O)(=O)N1CCC(C(=O)Nc2ccc(Oc3ccccc3)cc2)Oc2ccc(Cl)cc21. The lowest BCUT2D eigenvalue weighted by Gasteiger charge is -2.21. The molecule has 1 amide bonds. The van der Waals surface area contributed by atoms with Gasteiger partial charge in [-0.25, -0.2) is 8.42 Å². The summed E-state index contributed by atoms with van der Waals surface area (Å²) in [6.45, 7) is 0.0914. The minimum absolute atomic E-state index is 0.0914. The molecular formula is C23H21ClN2O5S. The number of ether oxygens (including phenoxy) is 2. The van der Waals surface area contributed by atoms with Gasteiger partial charge in [0.25, 0.3) is 5.91 Å². The van der Waals surface area contributed by atoms with E-state index in [4.69, 9.17) is 21.1 Å². The van der Waals surface area contributed by atoms with Gasteiger partial charge in [-0.15, -0.1) is 0 Å². The van der Waals surface area contributed by atoms with E-state index in [1.165, 1.54) is 10.4 Å². The Morgan fingerprint density at radius 3 is 2.44 bits per heavy atom. The maximum absolute atomic E-state index is 12.9. The van der Waals surface area contributed by atoms with Crippen molar-refractivity contribution in [2.45, 2.75) is 12.5 Å². The highest BCUT2D eigenvalue weighted by Crippen LogP contribution is 2.36. The third kappa shape index (κ3) is 5.15. The average molecular weight is 473 g/mol. The number of rotatable bonds is 5. The molecular weight excluding hydrogens is 452 g/mol. The molecule has 3 aromatic rings. The maximum Gasteiger partial charge on any atom is 0.265 e. The molecule has 1 aliphatic heterocycles. The van der Waals surface area contributed by atoms with Crippen molar-refractivity contribution in [1.29, 1.82) is 0 Å². The summed E-state index contributed by atoms with van der Waals surface area (Å²) in [4.78, 5) is 12.9. The van der Waals surface area contributed by atoms with Crippen molar-refractivity contribution >= 4 is 38.9 Å². The van der Waals surface area contributed by atoms with Crippen LogP contribution in [0, 0.1) is 0 Å². The van der Waals surface area contributed by atoms with Gasteiger partial charge in [0.05, 0.1) is 11.9 Å². The summed E-state index contributed by atoms with van der Waals surface area (Å²) >= 11 is 6.05. The second-order valence-corrected chi connectivity index (χ2v) is 9.61. The number of sulfonamides is 1. The molecule has 1 atom stereocenters. The second-order valence-electron chi connectivity index (χ2n) is 7.27. The van der Waals surface area contributed by atoms with E-state index in [0.717, 1.165) is 6.26 Å². The van der Waals surface area contributed by atoms with E-state index >= 15 is 0 Å². The molecule has 0 bridgehead atoms. The summed E-state index contributed by atoms with van der Waals surface area (Å²) < 4.78 is 37.3. The van der Waals surface area contributed by atoms with Gasteiger partial charge in [-0.2, -0.15) is 0 Å². The molecule has 9 heteroatoms. The number of nitrogens with zero attached hydrogens (tertiary/aromatic N) is 1. The number of benzene rings is 3. The first kappa shape index (κ1) is 22.0. The Hall–Kier alpha value is -3.23. The highest BCUT2D eigenvalue weighted by Gasteiger charge is 2.31. The number of hydrogen-bond donors (Lipinski definition) is 1. The zero-order valence-electron chi connectivity index (χ0n) is 17.2. The Kier molecular flexibility index (Phi) is 6.25. The number of fused-ring (bicyclic) bond motifs is 1. The summed E-state index contributed by atoms with van der Waals surface area (Å²) in [6, 6.07) is 21.0. The first-order valence-electron chi connectivity index (χ1n) is 9.87. The smallest absolute Gasteiger partial charge is 0.265 e. The number of carbonyl (C=O) groups is 1. The first-order chi connectivity index (χ1) is 15.3. The minimum Gasteiger partial charge on any atom is -0.478 e. The highest BCUT2D eigenvalue weighted by molar-refractivity contribution is 7.92. The van der Waals surface area contributed by atoms with Gasteiger partial charge >= 0.3 is 0 Å². The van der Waals surface area contributed by atoms with E-state index in [-0.39, 0.29) is 24.6 Å². The van der Waals surface area contributed by atoms with Crippen molar-refractivity contribution in [2.24, 2.45) is 0 Å².